The second kappa shape index (κ2) is 14.9. The lowest BCUT2D eigenvalue weighted by Crippen LogP contribution is -2.71. The number of carboxylic acids is 2. The molecule has 1 unspecified atom stereocenters. The van der Waals surface area contributed by atoms with Gasteiger partial charge in [0, 0.05) is 29.7 Å². The Bertz CT molecular complexity index is 1900. The molecule has 3 amide bonds. The first-order valence-electron chi connectivity index (χ1n) is 16.0. The number of phenolic OH excluding ortho intramolecular Hbond substituents is 3. The van der Waals surface area contributed by atoms with Crippen molar-refractivity contribution < 1.29 is 63.2 Å². The number of aromatic hydroxyl groups is 3. The number of hydrogen-bond acceptors (Lipinski definition) is 11. The molecule has 16 nitrogen and oxygen atoms in total. The molecule has 0 radical (unpaired) electrons. The molecule has 0 aromatic heterocycles. The van der Waals surface area contributed by atoms with Gasteiger partial charge in [0.25, 0.3) is 17.7 Å². The van der Waals surface area contributed by atoms with Crippen LogP contribution in [0.3, 0.4) is 0 Å². The van der Waals surface area contributed by atoms with Crippen LogP contribution in [0.1, 0.15) is 42.6 Å². The van der Waals surface area contributed by atoms with Crippen molar-refractivity contribution in [1.82, 2.24) is 15.5 Å². The number of likely N-dealkylation sites (tertiary alicyclic amines) is 1. The number of phenols is 3. The number of rotatable bonds is 13. The van der Waals surface area contributed by atoms with Gasteiger partial charge in [-0.1, -0.05) is 16.8 Å². The highest BCUT2D eigenvalue weighted by Crippen LogP contribution is 2.42. The Balaban J connectivity index is 1.31. The lowest BCUT2D eigenvalue weighted by molar-refractivity contribution is -0.911. The fourth-order valence-corrected chi connectivity index (χ4v) is 7.78. The van der Waals surface area contributed by atoms with Crippen LogP contribution in [-0.4, -0.2) is 126 Å². The second-order valence-electron chi connectivity index (χ2n) is 13.1. The van der Waals surface area contributed by atoms with E-state index in [1.807, 2.05) is 0 Å². The third-order valence-electron chi connectivity index (χ3n) is 9.11. The molecule has 3 heterocycles. The SMILES string of the molecule is CC(C)(O/N=C(\C(=O)NC1C(=O)N2C(C(=O)O)=C(C[N+]3(CCNC(=O)c4ccc(O)c(O)c4Cl)CCCC3)CS[C@H]12)c1ccc(O)c(F)c1)C(=O)O. The Morgan fingerprint density at radius 2 is 1.77 bits per heavy atom. The monoisotopic (exact) mass is 764 g/mol. The summed E-state index contributed by atoms with van der Waals surface area (Å²) in [6.45, 7) is 4.59. The minimum atomic E-state index is -1.90. The maximum atomic E-state index is 14.2. The number of thioether (sulfide) groups is 1. The summed E-state index contributed by atoms with van der Waals surface area (Å²) in [5, 5.41) is 56.6. The van der Waals surface area contributed by atoms with Gasteiger partial charge in [-0.25, -0.2) is 14.0 Å². The van der Waals surface area contributed by atoms with E-state index >= 15 is 0 Å². The number of aliphatic carboxylic acids is 2. The minimum absolute atomic E-state index is 0.0290. The molecular formula is C33H36ClFN5O11S+. The number of halogens is 2. The van der Waals surface area contributed by atoms with Crippen LogP contribution in [0.25, 0.3) is 0 Å². The highest BCUT2D eigenvalue weighted by molar-refractivity contribution is 8.00. The van der Waals surface area contributed by atoms with Crippen LogP contribution in [-0.2, 0) is 24.0 Å². The van der Waals surface area contributed by atoms with Gasteiger partial charge in [-0.05, 0) is 44.2 Å². The summed E-state index contributed by atoms with van der Waals surface area (Å²) < 4.78 is 14.7. The van der Waals surface area contributed by atoms with Crippen LogP contribution < -0.4 is 10.6 Å². The van der Waals surface area contributed by atoms with Gasteiger partial charge < -0.3 is 45.5 Å². The molecule has 3 aliphatic rings. The maximum Gasteiger partial charge on any atom is 0.352 e. The lowest BCUT2D eigenvalue weighted by Gasteiger charge is -2.50. The minimum Gasteiger partial charge on any atom is -0.505 e. The molecule has 2 aromatic carbocycles. The van der Waals surface area contributed by atoms with E-state index < -0.39 is 75.5 Å². The highest BCUT2D eigenvalue weighted by atomic mass is 35.5. The fourth-order valence-electron chi connectivity index (χ4n) is 6.20. The van der Waals surface area contributed by atoms with Gasteiger partial charge in [-0.3, -0.25) is 19.3 Å². The molecule has 19 heteroatoms. The quantitative estimate of drug-likeness (QED) is 0.0510. The van der Waals surface area contributed by atoms with Crippen molar-refractivity contribution in [3.63, 3.8) is 0 Å². The number of carboxylic acid groups (broad SMARTS) is 2. The number of hydrogen-bond donors (Lipinski definition) is 7. The zero-order valence-corrected chi connectivity index (χ0v) is 29.5. The molecule has 0 aliphatic carbocycles. The van der Waals surface area contributed by atoms with E-state index in [1.165, 1.54) is 31.7 Å². The molecule has 2 fully saturated rings. The van der Waals surface area contributed by atoms with E-state index in [9.17, 15) is 53.9 Å². The predicted molar refractivity (Wildman–Crippen MR) is 183 cm³/mol. The fraction of sp³-hybridized carbons (Fsp3) is 0.394. The third kappa shape index (κ3) is 7.58. The van der Waals surface area contributed by atoms with Crippen molar-refractivity contribution in [2.75, 3.05) is 38.5 Å². The Morgan fingerprint density at radius 1 is 1.10 bits per heavy atom. The molecular weight excluding hydrogens is 729 g/mol. The van der Waals surface area contributed by atoms with E-state index in [4.69, 9.17) is 16.4 Å². The number of quaternary nitrogens is 1. The van der Waals surface area contributed by atoms with Crippen LogP contribution in [0.2, 0.25) is 5.02 Å². The van der Waals surface area contributed by atoms with E-state index in [0.29, 0.717) is 29.7 Å². The third-order valence-corrected chi connectivity index (χ3v) is 10.8. The van der Waals surface area contributed by atoms with Gasteiger partial charge >= 0.3 is 11.9 Å². The summed E-state index contributed by atoms with van der Waals surface area (Å²) in [6.07, 6.45) is 1.71. The Kier molecular flexibility index (Phi) is 10.9. The summed E-state index contributed by atoms with van der Waals surface area (Å²) in [5.74, 6) is -7.78. The van der Waals surface area contributed by atoms with Crippen LogP contribution in [0, 0.1) is 5.82 Å². The number of oxime groups is 1. The summed E-state index contributed by atoms with van der Waals surface area (Å²) in [5.41, 5.74) is -2.42. The number of β-lactam (4-membered cyclic amide) rings is 1. The van der Waals surface area contributed by atoms with Crippen LogP contribution in [0.4, 0.5) is 4.39 Å². The highest BCUT2D eigenvalue weighted by Gasteiger charge is 2.55. The van der Waals surface area contributed by atoms with Gasteiger partial charge in [0.15, 0.2) is 28.8 Å². The summed E-state index contributed by atoms with van der Waals surface area (Å²) in [6, 6.07) is 4.08. The molecule has 2 saturated heterocycles. The molecule has 5 rings (SSSR count). The summed E-state index contributed by atoms with van der Waals surface area (Å²) in [4.78, 5) is 70.1. The zero-order valence-electron chi connectivity index (χ0n) is 27.9. The molecule has 52 heavy (non-hydrogen) atoms. The van der Waals surface area contributed by atoms with Gasteiger partial charge in [0.2, 0.25) is 5.60 Å². The largest absolute Gasteiger partial charge is 0.505 e. The van der Waals surface area contributed by atoms with Crippen LogP contribution in [0.5, 0.6) is 17.2 Å². The molecule has 0 saturated carbocycles. The van der Waals surface area contributed by atoms with E-state index in [2.05, 4.69) is 15.8 Å². The van der Waals surface area contributed by atoms with Gasteiger partial charge in [0.1, 0.15) is 23.7 Å². The Morgan fingerprint density at radius 3 is 2.40 bits per heavy atom. The van der Waals surface area contributed by atoms with Crippen molar-refractivity contribution in [1.29, 1.82) is 0 Å². The first-order valence-corrected chi connectivity index (χ1v) is 17.4. The molecule has 0 bridgehead atoms. The number of fused-ring (bicyclic) bond motifs is 1. The van der Waals surface area contributed by atoms with E-state index in [0.717, 1.165) is 42.0 Å². The van der Waals surface area contributed by atoms with Gasteiger partial charge in [-0.2, -0.15) is 0 Å². The van der Waals surface area contributed by atoms with E-state index in [1.54, 1.807) is 0 Å². The molecule has 2 aromatic rings. The Labute approximate surface area is 305 Å². The van der Waals surface area contributed by atoms with Gasteiger partial charge in [0.05, 0.1) is 36.8 Å². The standard InChI is InChI=1S/C33H35ClFN5O11S/c1-33(2,32(49)50)51-38-23(16-5-7-20(41)19(35)13-16)28(45)37-24-29(46)39-25(31(47)48)17(15-52-30(24)39)14-40(10-3-4-11-40)12-9-36-27(44)18-6-8-21(42)26(43)22(18)34/h5-8,13,24,30H,3-4,9-12,14-15H2,1-2H3,(H6-,36,37,38,41,42,43,44,45,47,48,49,50)/p+1/t24?,30-/m1/s1. The smallest absolute Gasteiger partial charge is 0.352 e. The van der Waals surface area contributed by atoms with Crippen molar-refractivity contribution in [2.24, 2.45) is 5.16 Å². The lowest BCUT2D eigenvalue weighted by atomic mass is 10.0. The van der Waals surface area contributed by atoms with Gasteiger partial charge in [-0.15, -0.1) is 11.8 Å². The van der Waals surface area contributed by atoms with Crippen LogP contribution in [0.15, 0.2) is 46.8 Å². The zero-order chi connectivity index (χ0) is 38.1. The first-order chi connectivity index (χ1) is 24.5. The first kappa shape index (κ1) is 38.2. The molecule has 0 spiro atoms. The van der Waals surface area contributed by atoms with Crippen molar-refractivity contribution in [3.05, 3.63) is 63.6 Å². The second-order valence-corrected chi connectivity index (χ2v) is 14.5. The van der Waals surface area contributed by atoms with Crippen LogP contribution >= 0.6 is 23.4 Å². The van der Waals surface area contributed by atoms with Crippen molar-refractivity contribution >= 4 is 58.7 Å². The number of carbonyl (C=O) groups excluding carboxylic acids is 3. The predicted octanol–water partition coefficient (Wildman–Crippen LogP) is 1.96. The normalized spacial score (nSPS) is 19.8. The number of benzene rings is 2. The average Bonchev–Trinajstić information content (AvgIpc) is 3.55. The molecule has 2 atom stereocenters. The molecule has 3 aliphatic heterocycles. The Hall–Kier alpha value is -5.07. The number of nitrogens with zero attached hydrogens (tertiary/aromatic N) is 3. The molecule has 278 valence electrons. The van der Waals surface area contributed by atoms with Crippen molar-refractivity contribution in [3.8, 4) is 17.2 Å². The maximum absolute atomic E-state index is 14.2. The van der Waals surface area contributed by atoms with Crippen molar-refractivity contribution in [2.45, 2.75) is 43.7 Å². The topological polar surface area (TPSA) is 235 Å². The van der Waals surface area contributed by atoms with E-state index in [-0.39, 0.29) is 40.7 Å². The molecule has 7 N–H and O–H groups in total. The summed E-state index contributed by atoms with van der Waals surface area (Å²) >= 11 is 7.26. The summed E-state index contributed by atoms with van der Waals surface area (Å²) in [7, 11) is 0. The number of nitrogens with one attached hydrogen (secondary N) is 2. The number of carbonyl (C=O) groups is 5. The number of amides is 3. The average molecular weight is 765 g/mol.